The van der Waals surface area contributed by atoms with Gasteiger partial charge in [-0.3, -0.25) is 4.99 Å². The van der Waals surface area contributed by atoms with E-state index in [-0.39, 0.29) is 0 Å². The molecule has 3 nitrogen and oxygen atoms in total. The Morgan fingerprint density at radius 3 is 2.76 bits per heavy atom. The summed E-state index contributed by atoms with van der Waals surface area (Å²) in [5.41, 5.74) is 4.16. The molecule has 3 rings (SSSR count). The summed E-state index contributed by atoms with van der Waals surface area (Å²) >= 11 is 0. The Labute approximate surface area is 103 Å². The molecule has 0 aromatic heterocycles. The molecule has 1 saturated heterocycles. The van der Waals surface area contributed by atoms with Crippen LogP contribution in [-0.4, -0.2) is 30.5 Å². The Balaban J connectivity index is 1.95. The summed E-state index contributed by atoms with van der Waals surface area (Å²) in [7, 11) is 0. The summed E-state index contributed by atoms with van der Waals surface area (Å²) in [5, 5.41) is 3.36. The van der Waals surface area contributed by atoms with Crippen LogP contribution in [0.1, 0.15) is 29.2 Å². The molecular weight excluding hydrogens is 210 g/mol. The molecule has 2 heterocycles. The normalized spacial score (nSPS) is 23.1. The highest BCUT2D eigenvalue weighted by Gasteiger charge is 2.30. The average Bonchev–Trinajstić information content (AvgIpc) is 2.75. The molecule has 1 N–H and O–H groups in total. The molecule has 1 aromatic carbocycles. The number of benzene rings is 1. The SMILES string of the molecule is Cc1cc(C)cc(C2CCN=C3NCCN32)c1. The van der Waals surface area contributed by atoms with Crippen LogP contribution in [0.5, 0.6) is 0 Å². The van der Waals surface area contributed by atoms with Gasteiger partial charge in [-0.2, -0.15) is 0 Å². The van der Waals surface area contributed by atoms with Crippen molar-refractivity contribution in [2.24, 2.45) is 4.99 Å². The van der Waals surface area contributed by atoms with Crippen LogP contribution in [0.25, 0.3) is 0 Å². The van der Waals surface area contributed by atoms with Crippen LogP contribution in [0.15, 0.2) is 23.2 Å². The van der Waals surface area contributed by atoms with Gasteiger partial charge in [-0.15, -0.1) is 0 Å². The van der Waals surface area contributed by atoms with Crippen molar-refractivity contribution in [1.29, 1.82) is 0 Å². The first-order valence-electron chi connectivity index (χ1n) is 6.37. The third-order valence-electron chi connectivity index (χ3n) is 3.58. The van der Waals surface area contributed by atoms with Gasteiger partial charge in [-0.05, 0) is 25.8 Å². The Morgan fingerprint density at radius 2 is 2.00 bits per heavy atom. The summed E-state index contributed by atoms with van der Waals surface area (Å²) in [4.78, 5) is 6.96. The molecular formula is C14H19N3. The van der Waals surface area contributed by atoms with Crippen LogP contribution in [0.4, 0.5) is 0 Å². The third kappa shape index (κ3) is 1.90. The van der Waals surface area contributed by atoms with Crippen molar-refractivity contribution < 1.29 is 0 Å². The van der Waals surface area contributed by atoms with E-state index < -0.39 is 0 Å². The minimum Gasteiger partial charge on any atom is -0.354 e. The second-order valence-electron chi connectivity index (χ2n) is 5.05. The standard InChI is InChI=1S/C14H19N3/c1-10-7-11(2)9-12(8-10)13-3-4-15-14-16-5-6-17(13)14/h7-9,13H,3-6H2,1-2H3,(H,15,16). The number of fused-ring (bicyclic) bond motifs is 1. The Bertz CT molecular complexity index is 444. The van der Waals surface area contributed by atoms with E-state index in [0.717, 1.165) is 32.0 Å². The lowest BCUT2D eigenvalue weighted by atomic mass is 9.97. The maximum absolute atomic E-state index is 4.54. The maximum atomic E-state index is 4.54. The van der Waals surface area contributed by atoms with Gasteiger partial charge in [0, 0.05) is 19.6 Å². The predicted octanol–water partition coefficient (Wildman–Crippen LogP) is 2.01. The minimum atomic E-state index is 0.510. The molecule has 0 amide bonds. The van der Waals surface area contributed by atoms with Gasteiger partial charge >= 0.3 is 0 Å². The van der Waals surface area contributed by atoms with Gasteiger partial charge in [0.1, 0.15) is 0 Å². The Morgan fingerprint density at radius 1 is 1.24 bits per heavy atom. The van der Waals surface area contributed by atoms with Crippen molar-refractivity contribution in [3.8, 4) is 0 Å². The van der Waals surface area contributed by atoms with E-state index in [1.807, 2.05) is 0 Å². The first-order chi connectivity index (χ1) is 8.24. The highest BCUT2D eigenvalue weighted by Crippen LogP contribution is 2.29. The molecule has 1 aromatic rings. The van der Waals surface area contributed by atoms with Crippen LogP contribution in [-0.2, 0) is 0 Å². The maximum Gasteiger partial charge on any atom is 0.194 e. The van der Waals surface area contributed by atoms with Gasteiger partial charge in [0.25, 0.3) is 0 Å². The molecule has 0 spiro atoms. The highest BCUT2D eigenvalue weighted by atomic mass is 15.4. The number of guanidine groups is 1. The average molecular weight is 229 g/mol. The van der Waals surface area contributed by atoms with E-state index >= 15 is 0 Å². The highest BCUT2D eigenvalue weighted by molar-refractivity contribution is 5.82. The van der Waals surface area contributed by atoms with Crippen molar-refractivity contribution >= 4 is 5.96 Å². The van der Waals surface area contributed by atoms with E-state index in [2.05, 4.69) is 47.3 Å². The summed E-state index contributed by atoms with van der Waals surface area (Å²) in [6.07, 6.45) is 1.13. The molecule has 0 saturated carbocycles. The molecule has 17 heavy (non-hydrogen) atoms. The quantitative estimate of drug-likeness (QED) is 0.797. The fraction of sp³-hybridized carbons (Fsp3) is 0.500. The predicted molar refractivity (Wildman–Crippen MR) is 70.3 cm³/mol. The Hall–Kier alpha value is -1.51. The van der Waals surface area contributed by atoms with Crippen LogP contribution in [0.3, 0.4) is 0 Å². The number of nitrogens with one attached hydrogen (secondary N) is 1. The van der Waals surface area contributed by atoms with Crippen molar-refractivity contribution in [1.82, 2.24) is 10.2 Å². The minimum absolute atomic E-state index is 0.510. The smallest absolute Gasteiger partial charge is 0.194 e. The summed E-state index contributed by atoms with van der Waals surface area (Å²) in [6, 6.07) is 7.39. The summed E-state index contributed by atoms with van der Waals surface area (Å²) in [5.74, 6) is 1.10. The van der Waals surface area contributed by atoms with E-state index in [1.165, 1.54) is 16.7 Å². The number of hydrogen-bond acceptors (Lipinski definition) is 3. The lowest BCUT2D eigenvalue weighted by Gasteiger charge is -2.32. The molecule has 1 unspecified atom stereocenters. The number of nitrogens with zero attached hydrogens (tertiary/aromatic N) is 2. The van der Waals surface area contributed by atoms with Crippen molar-refractivity contribution in [3.05, 3.63) is 34.9 Å². The van der Waals surface area contributed by atoms with E-state index in [4.69, 9.17) is 0 Å². The zero-order valence-electron chi connectivity index (χ0n) is 10.5. The second kappa shape index (κ2) is 4.06. The van der Waals surface area contributed by atoms with Crippen LogP contribution >= 0.6 is 0 Å². The third-order valence-corrected chi connectivity index (χ3v) is 3.58. The molecule has 1 atom stereocenters. The number of aliphatic imine (C=N–C) groups is 1. The second-order valence-corrected chi connectivity index (χ2v) is 5.05. The molecule has 0 aliphatic carbocycles. The van der Waals surface area contributed by atoms with Crippen molar-refractivity contribution in [2.75, 3.05) is 19.6 Å². The van der Waals surface area contributed by atoms with Gasteiger partial charge in [-0.1, -0.05) is 29.3 Å². The van der Waals surface area contributed by atoms with Crippen LogP contribution < -0.4 is 5.32 Å². The van der Waals surface area contributed by atoms with Crippen molar-refractivity contribution in [2.45, 2.75) is 26.3 Å². The van der Waals surface area contributed by atoms with Gasteiger partial charge in [0.05, 0.1) is 6.04 Å². The largest absolute Gasteiger partial charge is 0.354 e. The fourth-order valence-electron chi connectivity index (χ4n) is 2.94. The lowest BCUT2D eigenvalue weighted by Crippen LogP contribution is -2.37. The topological polar surface area (TPSA) is 27.6 Å². The molecule has 3 heteroatoms. The van der Waals surface area contributed by atoms with Gasteiger partial charge in [-0.25, -0.2) is 0 Å². The van der Waals surface area contributed by atoms with Crippen LogP contribution in [0, 0.1) is 13.8 Å². The molecule has 1 fully saturated rings. The molecule has 90 valence electrons. The van der Waals surface area contributed by atoms with E-state index in [9.17, 15) is 0 Å². The number of aryl methyl sites for hydroxylation is 2. The van der Waals surface area contributed by atoms with Gasteiger partial charge in [0.2, 0.25) is 0 Å². The van der Waals surface area contributed by atoms with E-state index in [0.29, 0.717) is 6.04 Å². The summed E-state index contributed by atoms with van der Waals surface area (Å²) in [6.45, 7) is 7.40. The first kappa shape index (κ1) is 10.6. The zero-order valence-corrected chi connectivity index (χ0v) is 10.5. The van der Waals surface area contributed by atoms with Crippen LogP contribution in [0.2, 0.25) is 0 Å². The number of rotatable bonds is 1. The molecule has 0 radical (unpaired) electrons. The zero-order chi connectivity index (χ0) is 11.8. The lowest BCUT2D eigenvalue weighted by molar-refractivity contribution is 0.314. The summed E-state index contributed by atoms with van der Waals surface area (Å²) < 4.78 is 0. The van der Waals surface area contributed by atoms with Crippen molar-refractivity contribution in [3.63, 3.8) is 0 Å². The number of hydrogen-bond donors (Lipinski definition) is 1. The van der Waals surface area contributed by atoms with E-state index in [1.54, 1.807) is 0 Å². The molecule has 2 aliphatic rings. The fourth-order valence-corrected chi connectivity index (χ4v) is 2.94. The first-order valence-corrected chi connectivity index (χ1v) is 6.37. The Kier molecular flexibility index (Phi) is 2.54. The van der Waals surface area contributed by atoms with Gasteiger partial charge in [0.15, 0.2) is 5.96 Å². The van der Waals surface area contributed by atoms with Gasteiger partial charge < -0.3 is 10.2 Å². The monoisotopic (exact) mass is 229 g/mol. The molecule has 2 aliphatic heterocycles. The molecule has 0 bridgehead atoms.